The van der Waals surface area contributed by atoms with Crippen LogP contribution in [0.4, 0.5) is 0 Å². The van der Waals surface area contributed by atoms with Gasteiger partial charge in [0.15, 0.2) is 5.58 Å². The predicted molar refractivity (Wildman–Crippen MR) is 83.9 cm³/mol. The lowest BCUT2D eigenvalue weighted by molar-refractivity contribution is 0.561. The van der Waals surface area contributed by atoms with Crippen molar-refractivity contribution in [3.05, 3.63) is 58.1 Å². The number of hydrogen-bond donors (Lipinski definition) is 0. The normalized spacial score (nSPS) is 11.7. The fourth-order valence-electron chi connectivity index (χ4n) is 3.01. The number of benzene rings is 2. The molecular weight excluding hydrogens is 264 g/mol. The molecule has 0 aliphatic carbocycles. The SMILES string of the molecule is CCc1cccc2c1ccc1c3oc(C)cc3c(=O)oc21. The third-order valence-electron chi connectivity index (χ3n) is 4.00. The Morgan fingerprint density at radius 2 is 1.67 bits per heavy atom. The Balaban J connectivity index is 2.29. The second-order valence-electron chi connectivity index (χ2n) is 5.30. The predicted octanol–water partition coefficient (Wildman–Crippen LogP) is 4.56. The van der Waals surface area contributed by atoms with Gasteiger partial charge >= 0.3 is 5.63 Å². The summed E-state index contributed by atoms with van der Waals surface area (Å²) in [5.41, 5.74) is 2.12. The lowest BCUT2D eigenvalue weighted by Crippen LogP contribution is -1.98. The Hall–Kier alpha value is -2.55. The maximum absolute atomic E-state index is 12.2. The Kier molecular flexibility index (Phi) is 2.45. The molecule has 0 aliphatic rings. The minimum atomic E-state index is -0.344. The van der Waals surface area contributed by atoms with Crippen LogP contribution in [0.5, 0.6) is 0 Å². The maximum atomic E-state index is 12.2. The Bertz CT molecular complexity index is 1050. The molecule has 0 atom stereocenters. The van der Waals surface area contributed by atoms with Crippen LogP contribution in [0.25, 0.3) is 32.7 Å². The summed E-state index contributed by atoms with van der Waals surface area (Å²) in [7, 11) is 0. The van der Waals surface area contributed by atoms with E-state index < -0.39 is 0 Å². The molecule has 0 saturated carbocycles. The van der Waals surface area contributed by atoms with Gasteiger partial charge < -0.3 is 8.83 Å². The molecule has 4 aromatic rings. The second-order valence-corrected chi connectivity index (χ2v) is 5.30. The van der Waals surface area contributed by atoms with Crippen LogP contribution < -0.4 is 5.63 Å². The van der Waals surface area contributed by atoms with E-state index in [1.54, 1.807) is 6.07 Å². The first-order valence-electron chi connectivity index (χ1n) is 7.06. The van der Waals surface area contributed by atoms with Crippen molar-refractivity contribution < 1.29 is 8.83 Å². The summed E-state index contributed by atoms with van der Waals surface area (Å²) in [6, 6.07) is 11.9. The van der Waals surface area contributed by atoms with Crippen LogP contribution in [0.3, 0.4) is 0 Å². The van der Waals surface area contributed by atoms with Crippen LogP contribution >= 0.6 is 0 Å². The molecule has 2 heterocycles. The smallest absolute Gasteiger partial charge is 0.347 e. The van der Waals surface area contributed by atoms with Crippen molar-refractivity contribution in [3.63, 3.8) is 0 Å². The number of fused-ring (bicyclic) bond motifs is 5. The highest BCUT2D eigenvalue weighted by Gasteiger charge is 2.14. The summed E-state index contributed by atoms with van der Waals surface area (Å²) in [6.07, 6.45) is 0.940. The molecule has 3 nitrogen and oxygen atoms in total. The summed E-state index contributed by atoms with van der Waals surface area (Å²) in [5.74, 6) is 0.715. The van der Waals surface area contributed by atoms with E-state index in [1.165, 1.54) is 5.56 Å². The summed E-state index contributed by atoms with van der Waals surface area (Å²) in [4.78, 5) is 12.2. The molecule has 3 heteroatoms. The third kappa shape index (κ3) is 1.64. The molecule has 2 aromatic heterocycles. The molecule has 0 aliphatic heterocycles. The minimum absolute atomic E-state index is 0.344. The van der Waals surface area contributed by atoms with Crippen molar-refractivity contribution in [1.29, 1.82) is 0 Å². The fourth-order valence-corrected chi connectivity index (χ4v) is 3.01. The molecule has 2 aromatic carbocycles. The number of rotatable bonds is 1. The zero-order valence-corrected chi connectivity index (χ0v) is 11.9. The van der Waals surface area contributed by atoms with E-state index in [0.29, 0.717) is 22.3 Å². The van der Waals surface area contributed by atoms with Gasteiger partial charge in [-0.3, -0.25) is 0 Å². The van der Waals surface area contributed by atoms with Crippen molar-refractivity contribution in [1.82, 2.24) is 0 Å². The topological polar surface area (TPSA) is 43.4 Å². The molecule has 104 valence electrons. The van der Waals surface area contributed by atoms with Crippen LogP contribution in [0, 0.1) is 6.92 Å². The van der Waals surface area contributed by atoms with Crippen molar-refractivity contribution in [2.75, 3.05) is 0 Å². The van der Waals surface area contributed by atoms with Gasteiger partial charge in [0.1, 0.15) is 16.7 Å². The van der Waals surface area contributed by atoms with Crippen molar-refractivity contribution >= 4 is 32.7 Å². The van der Waals surface area contributed by atoms with Crippen LogP contribution in [-0.2, 0) is 6.42 Å². The highest BCUT2D eigenvalue weighted by atomic mass is 16.4. The first-order valence-corrected chi connectivity index (χ1v) is 7.06. The Morgan fingerprint density at radius 1 is 0.905 bits per heavy atom. The van der Waals surface area contributed by atoms with Crippen LogP contribution in [0.2, 0.25) is 0 Å². The van der Waals surface area contributed by atoms with Crippen molar-refractivity contribution in [2.24, 2.45) is 0 Å². The molecule has 0 radical (unpaired) electrons. The van der Waals surface area contributed by atoms with Crippen molar-refractivity contribution in [3.8, 4) is 0 Å². The summed E-state index contributed by atoms with van der Waals surface area (Å²) in [6.45, 7) is 3.95. The van der Waals surface area contributed by atoms with Gasteiger partial charge in [-0.25, -0.2) is 4.79 Å². The first kappa shape index (κ1) is 12.2. The molecule has 0 fully saturated rings. The molecule has 0 amide bonds. The van der Waals surface area contributed by atoms with Crippen LogP contribution in [-0.4, -0.2) is 0 Å². The number of aryl methyl sites for hydroxylation is 2. The molecule has 0 N–H and O–H groups in total. The molecular formula is C18H14O3. The van der Waals surface area contributed by atoms with Crippen LogP contribution in [0.15, 0.2) is 50.0 Å². The van der Waals surface area contributed by atoms with Gasteiger partial charge in [0.25, 0.3) is 0 Å². The van der Waals surface area contributed by atoms with E-state index in [0.717, 1.165) is 22.6 Å². The molecule has 0 saturated heterocycles. The maximum Gasteiger partial charge on any atom is 0.347 e. The highest BCUT2D eigenvalue weighted by Crippen LogP contribution is 2.32. The second kappa shape index (κ2) is 4.22. The summed E-state index contributed by atoms with van der Waals surface area (Å²) < 4.78 is 11.3. The molecule has 0 spiro atoms. The summed E-state index contributed by atoms with van der Waals surface area (Å²) in [5, 5.41) is 3.43. The first-order chi connectivity index (χ1) is 10.2. The lowest BCUT2D eigenvalue weighted by Gasteiger charge is -2.06. The van der Waals surface area contributed by atoms with Gasteiger partial charge in [-0.2, -0.15) is 0 Å². The van der Waals surface area contributed by atoms with Gasteiger partial charge in [-0.05, 0) is 36.4 Å². The molecule has 21 heavy (non-hydrogen) atoms. The minimum Gasteiger partial charge on any atom is -0.460 e. The van der Waals surface area contributed by atoms with E-state index >= 15 is 0 Å². The zero-order chi connectivity index (χ0) is 14.6. The van der Waals surface area contributed by atoms with Crippen LogP contribution in [0.1, 0.15) is 18.2 Å². The third-order valence-corrected chi connectivity index (χ3v) is 4.00. The highest BCUT2D eigenvalue weighted by molar-refractivity contribution is 6.12. The molecule has 4 rings (SSSR count). The van der Waals surface area contributed by atoms with E-state index in [4.69, 9.17) is 8.83 Å². The average Bonchev–Trinajstić information content (AvgIpc) is 2.89. The Morgan fingerprint density at radius 3 is 2.48 bits per heavy atom. The average molecular weight is 278 g/mol. The lowest BCUT2D eigenvalue weighted by atomic mass is 10.0. The van der Waals surface area contributed by atoms with Gasteiger partial charge in [0.05, 0.1) is 5.39 Å². The quantitative estimate of drug-likeness (QED) is 0.378. The zero-order valence-electron chi connectivity index (χ0n) is 11.9. The molecule has 0 unspecified atom stereocenters. The monoisotopic (exact) mass is 278 g/mol. The molecule has 0 bridgehead atoms. The van der Waals surface area contributed by atoms with Gasteiger partial charge in [0.2, 0.25) is 0 Å². The van der Waals surface area contributed by atoms with Gasteiger partial charge in [-0.15, -0.1) is 0 Å². The van der Waals surface area contributed by atoms with Gasteiger partial charge in [0, 0.05) is 5.39 Å². The Labute approximate surface area is 120 Å². The largest absolute Gasteiger partial charge is 0.460 e. The van der Waals surface area contributed by atoms with E-state index in [9.17, 15) is 4.79 Å². The van der Waals surface area contributed by atoms with Gasteiger partial charge in [-0.1, -0.05) is 31.2 Å². The van der Waals surface area contributed by atoms with E-state index in [1.807, 2.05) is 25.1 Å². The summed E-state index contributed by atoms with van der Waals surface area (Å²) >= 11 is 0. The standard InChI is InChI=1S/C18H14O3/c1-3-11-5-4-6-13-12(11)7-8-14-16(13)21-18(19)15-9-10(2)20-17(14)15/h4-9H,3H2,1-2H3. The number of furan rings is 1. The van der Waals surface area contributed by atoms with Crippen molar-refractivity contribution in [2.45, 2.75) is 20.3 Å². The van der Waals surface area contributed by atoms with E-state index in [-0.39, 0.29) is 5.63 Å². The fraction of sp³-hybridized carbons (Fsp3) is 0.167. The van der Waals surface area contributed by atoms with E-state index in [2.05, 4.69) is 19.1 Å². The number of hydrogen-bond acceptors (Lipinski definition) is 3.